The van der Waals surface area contributed by atoms with Gasteiger partial charge in [-0.3, -0.25) is 0 Å². The first-order valence-corrected chi connectivity index (χ1v) is 9.80. The highest BCUT2D eigenvalue weighted by atomic mass is 32.2. The summed E-state index contributed by atoms with van der Waals surface area (Å²) in [4.78, 5) is 12.7. The van der Waals surface area contributed by atoms with Crippen molar-refractivity contribution in [1.29, 1.82) is 0 Å². The topological polar surface area (TPSA) is 67.9 Å². The first-order valence-electron chi connectivity index (χ1n) is 8.65. The summed E-state index contributed by atoms with van der Waals surface area (Å²) in [5.74, 6) is -0.904. The number of halogens is 3. The van der Waals surface area contributed by atoms with Crippen molar-refractivity contribution in [3.63, 3.8) is 0 Å². The van der Waals surface area contributed by atoms with Gasteiger partial charge in [0.2, 0.25) is 0 Å². The van der Waals surface area contributed by atoms with Crippen molar-refractivity contribution in [3.05, 3.63) is 23.8 Å². The third-order valence-corrected chi connectivity index (χ3v) is 5.26. The molecule has 1 N–H and O–H groups in total. The smallest absolute Gasteiger partial charge is 0.406 e. The zero-order valence-electron chi connectivity index (χ0n) is 16.8. The molecule has 10 heteroatoms. The minimum absolute atomic E-state index is 0.113. The van der Waals surface area contributed by atoms with Gasteiger partial charge in [-0.2, -0.15) is 0 Å². The molecule has 0 heterocycles. The van der Waals surface area contributed by atoms with Crippen LogP contribution in [0.5, 0.6) is 11.5 Å². The average molecular weight is 424 g/mol. The molecule has 160 valence electrons. The Labute approximate surface area is 166 Å². The van der Waals surface area contributed by atoms with Crippen LogP contribution in [0.4, 0.5) is 18.0 Å². The molecule has 1 aromatic carbocycles. The second-order valence-electron chi connectivity index (χ2n) is 7.53. The van der Waals surface area contributed by atoms with Gasteiger partial charge in [-0.25, -0.2) is 13.7 Å². The Hall–Kier alpha value is -1.81. The monoisotopic (exact) mass is 424 g/mol. The van der Waals surface area contributed by atoms with E-state index >= 15 is 0 Å². The number of alkyl halides is 3. The second kappa shape index (κ2) is 9.60. The van der Waals surface area contributed by atoms with E-state index in [1.165, 1.54) is 26.2 Å². The molecular weight excluding hydrogens is 397 g/mol. The maximum absolute atomic E-state index is 12.7. The zero-order valence-corrected chi connectivity index (χ0v) is 17.7. The van der Waals surface area contributed by atoms with Crippen LogP contribution >= 0.6 is 0 Å². The van der Waals surface area contributed by atoms with Crippen LogP contribution in [0.2, 0.25) is 0 Å². The summed E-state index contributed by atoms with van der Waals surface area (Å²) in [6.45, 7) is 7.38. The summed E-state index contributed by atoms with van der Waals surface area (Å²) in [7, 11) is 1.58. The number of carbonyl (C=O) groups excluding carboxylic acids is 1. The molecule has 0 aliphatic carbocycles. The van der Waals surface area contributed by atoms with E-state index in [2.05, 4.69) is 9.46 Å². The maximum atomic E-state index is 12.7. The molecular formula is C18H27F3N2O4S. The Kier molecular flexibility index (Phi) is 8.30. The number of nitrogens with one attached hydrogen (secondary N) is 1. The number of hydrogen-bond donors (Lipinski definition) is 1. The molecule has 6 nitrogen and oxygen atoms in total. The van der Waals surface area contributed by atoms with Crippen LogP contribution < -0.4 is 14.2 Å². The summed E-state index contributed by atoms with van der Waals surface area (Å²) in [5.41, 5.74) is 0.569. The van der Waals surface area contributed by atoms with E-state index in [4.69, 9.17) is 4.74 Å². The molecule has 0 saturated heterocycles. The fourth-order valence-corrected chi connectivity index (χ4v) is 2.82. The maximum Gasteiger partial charge on any atom is 0.573 e. The molecule has 0 aromatic heterocycles. The molecule has 0 bridgehead atoms. The number of nitrogens with zero attached hydrogens (tertiary/aromatic N) is 1. The van der Waals surface area contributed by atoms with Gasteiger partial charge >= 0.3 is 12.5 Å². The lowest BCUT2D eigenvalue weighted by atomic mass is 10.1. The van der Waals surface area contributed by atoms with Gasteiger partial charge in [0.1, 0.15) is 0 Å². The highest BCUT2D eigenvalue weighted by molar-refractivity contribution is 7.84. The number of carbonyl (C=O) groups is 1. The summed E-state index contributed by atoms with van der Waals surface area (Å²) in [5, 5.41) is 0. The summed E-state index contributed by atoms with van der Waals surface area (Å²) < 4.78 is 61.7. The van der Waals surface area contributed by atoms with Gasteiger partial charge in [-0.1, -0.05) is 6.07 Å². The van der Waals surface area contributed by atoms with Crippen LogP contribution in [0.25, 0.3) is 0 Å². The Balaban J connectivity index is 2.89. The number of ether oxygens (including phenoxy) is 2. The molecule has 0 fully saturated rings. The van der Waals surface area contributed by atoms with E-state index in [-0.39, 0.29) is 11.8 Å². The molecule has 2 unspecified atom stereocenters. The molecule has 2 atom stereocenters. The van der Waals surface area contributed by atoms with Crippen LogP contribution in [0.1, 0.15) is 39.7 Å². The van der Waals surface area contributed by atoms with Crippen LogP contribution in [0.3, 0.4) is 0 Å². The quantitative estimate of drug-likeness (QED) is 0.718. The number of rotatable bonds is 7. The predicted molar refractivity (Wildman–Crippen MR) is 102 cm³/mol. The van der Waals surface area contributed by atoms with Crippen LogP contribution in [0, 0.1) is 0 Å². The third-order valence-electron chi connectivity index (χ3n) is 3.53. The van der Waals surface area contributed by atoms with E-state index in [9.17, 15) is 22.2 Å². The van der Waals surface area contributed by atoms with E-state index in [1.807, 2.05) is 27.7 Å². The standard InChI is InChI=1S/C18H27F3N2O4S/c1-12(22-28(25)17(2,3)4)7-8-13-9-10-14(26-16(24)23(5)6)15(11-13)27-18(19,20)21/h9-12,22H,7-8H2,1-6H3. The highest BCUT2D eigenvalue weighted by Gasteiger charge is 2.33. The lowest BCUT2D eigenvalue weighted by Gasteiger charge is -2.22. The largest absolute Gasteiger partial charge is 0.573 e. The first-order chi connectivity index (χ1) is 12.7. The SMILES string of the molecule is CC(CCc1ccc(OC(=O)N(C)C)c(OC(F)(F)F)c1)NS(=O)C(C)(C)C. The Bertz CT molecular complexity index is 703. The minimum atomic E-state index is -4.92. The molecule has 1 aromatic rings. The van der Waals surface area contributed by atoms with E-state index in [1.54, 1.807) is 6.07 Å². The minimum Gasteiger partial charge on any atom is -0.406 e. The number of aryl methyl sites for hydroxylation is 1. The number of hydrogen-bond acceptors (Lipinski definition) is 4. The fourth-order valence-electron chi connectivity index (χ4n) is 1.98. The van der Waals surface area contributed by atoms with Gasteiger partial charge in [0.05, 0.1) is 15.7 Å². The molecule has 0 aliphatic rings. The van der Waals surface area contributed by atoms with Crippen molar-refractivity contribution >= 4 is 17.1 Å². The third kappa shape index (κ3) is 8.47. The van der Waals surface area contributed by atoms with E-state index in [0.717, 1.165) is 4.90 Å². The fraction of sp³-hybridized carbons (Fsp3) is 0.611. The van der Waals surface area contributed by atoms with Gasteiger partial charge < -0.3 is 14.4 Å². The van der Waals surface area contributed by atoms with Crippen molar-refractivity contribution in [2.24, 2.45) is 0 Å². The summed E-state index contributed by atoms with van der Waals surface area (Å²) in [6.07, 6.45) is -4.77. The van der Waals surface area contributed by atoms with Crippen molar-refractivity contribution in [1.82, 2.24) is 9.62 Å². The zero-order chi connectivity index (χ0) is 21.7. The van der Waals surface area contributed by atoms with E-state index in [0.29, 0.717) is 18.4 Å². The lowest BCUT2D eigenvalue weighted by molar-refractivity contribution is -0.275. The Morgan fingerprint density at radius 1 is 1.21 bits per heavy atom. The second-order valence-corrected chi connectivity index (χ2v) is 9.53. The molecule has 0 saturated carbocycles. The molecule has 0 radical (unpaired) electrons. The molecule has 0 aliphatic heterocycles. The predicted octanol–water partition coefficient (Wildman–Crippen LogP) is 4.02. The lowest BCUT2D eigenvalue weighted by Crippen LogP contribution is -2.38. The first kappa shape index (κ1) is 24.2. The molecule has 0 spiro atoms. The molecule has 1 amide bonds. The normalized spacial score (nSPS) is 14.3. The van der Waals surface area contributed by atoms with Crippen molar-refractivity contribution in [2.45, 2.75) is 57.7 Å². The van der Waals surface area contributed by atoms with Crippen LogP contribution in [-0.4, -0.2) is 46.4 Å². The van der Waals surface area contributed by atoms with Gasteiger partial charge in [-0.15, -0.1) is 13.2 Å². The van der Waals surface area contributed by atoms with Crippen molar-refractivity contribution < 1.29 is 31.6 Å². The molecule has 28 heavy (non-hydrogen) atoms. The van der Waals surface area contributed by atoms with Gasteiger partial charge in [0.25, 0.3) is 0 Å². The van der Waals surface area contributed by atoms with Gasteiger partial charge in [-0.05, 0) is 58.2 Å². The van der Waals surface area contributed by atoms with Gasteiger partial charge in [0, 0.05) is 20.1 Å². The van der Waals surface area contributed by atoms with Gasteiger partial charge in [0.15, 0.2) is 11.5 Å². The average Bonchev–Trinajstić information content (AvgIpc) is 2.52. The summed E-state index contributed by atoms with van der Waals surface area (Å²) in [6, 6.07) is 3.91. The van der Waals surface area contributed by atoms with E-state index < -0.39 is 33.9 Å². The Morgan fingerprint density at radius 2 is 1.82 bits per heavy atom. The van der Waals surface area contributed by atoms with Crippen molar-refractivity contribution in [3.8, 4) is 11.5 Å². The highest BCUT2D eigenvalue weighted by Crippen LogP contribution is 2.34. The van der Waals surface area contributed by atoms with Crippen LogP contribution in [-0.2, 0) is 17.4 Å². The van der Waals surface area contributed by atoms with Crippen LogP contribution in [0.15, 0.2) is 18.2 Å². The summed E-state index contributed by atoms with van der Waals surface area (Å²) >= 11 is 0. The number of benzene rings is 1. The Morgan fingerprint density at radius 3 is 2.32 bits per heavy atom. The molecule has 1 rings (SSSR count). The number of amides is 1. The van der Waals surface area contributed by atoms with Crippen molar-refractivity contribution in [2.75, 3.05) is 14.1 Å².